The molecule has 0 radical (unpaired) electrons. The van der Waals surface area contributed by atoms with Crippen LogP contribution in [0.2, 0.25) is 0 Å². The first-order valence-corrected chi connectivity index (χ1v) is 7.46. The monoisotopic (exact) mass is 264 g/mol. The Morgan fingerprint density at radius 2 is 1.74 bits per heavy atom. The number of hydrogen-bond donors (Lipinski definition) is 3. The van der Waals surface area contributed by atoms with E-state index in [0.29, 0.717) is 6.54 Å². The second-order valence-corrected chi connectivity index (χ2v) is 6.70. The standard InChI is InChI=1S/C14H24N4O/c1-2-17-13(19)18(12(15)16)14-6-9-3-10(7-14)5-11(4-9)8-14/h9-11H,2-8H2,1H3,(H3,15,16)(H,17,19). The van der Waals surface area contributed by atoms with E-state index < -0.39 is 0 Å². The van der Waals surface area contributed by atoms with E-state index in [-0.39, 0.29) is 17.5 Å². The van der Waals surface area contributed by atoms with Crippen molar-refractivity contribution in [2.75, 3.05) is 6.54 Å². The zero-order valence-corrected chi connectivity index (χ0v) is 11.6. The van der Waals surface area contributed by atoms with Crippen LogP contribution < -0.4 is 11.1 Å². The van der Waals surface area contributed by atoms with Gasteiger partial charge in [0, 0.05) is 6.54 Å². The predicted octanol–water partition coefficient (Wildman–Crippen LogP) is 1.88. The molecule has 106 valence electrons. The van der Waals surface area contributed by atoms with Crippen molar-refractivity contribution in [3.8, 4) is 0 Å². The van der Waals surface area contributed by atoms with Crippen molar-refractivity contribution in [2.45, 2.75) is 51.0 Å². The smallest absolute Gasteiger partial charge is 0.324 e. The fourth-order valence-electron chi connectivity index (χ4n) is 5.15. The van der Waals surface area contributed by atoms with Gasteiger partial charge in [0.05, 0.1) is 5.54 Å². The van der Waals surface area contributed by atoms with E-state index in [0.717, 1.165) is 37.0 Å². The lowest BCUT2D eigenvalue weighted by Crippen LogP contribution is -2.66. The minimum atomic E-state index is -0.183. The first kappa shape index (κ1) is 12.8. The molecule has 0 atom stereocenters. The largest absolute Gasteiger partial charge is 0.370 e. The van der Waals surface area contributed by atoms with Crippen LogP contribution in [0.4, 0.5) is 4.79 Å². The lowest BCUT2D eigenvalue weighted by Gasteiger charge is -2.59. The molecule has 0 aromatic carbocycles. The number of urea groups is 1. The molecule has 4 aliphatic rings. The molecule has 0 unspecified atom stereocenters. The normalized spacial score (nSPS) is 39.1. The molecule has 5 nitrogen and oxygen atoms in total. The highest BCUT2D eigenvalue weighted by Crippen LogP contribution is 2.57. The predicted molar refractivity (Wildman–Crippen MR) is 73.7 cm³/mol. The SMILES string of the molecule is CCNC(=O)N(C(=N)N)C12CC3CC(CC(C3)C1)C2. The number of nitrogens with zero attached hydrogens (tertiary/aromatic N) is 1. The van der Waals surface area contributed by atoms with Gasteiger partial charge in [0.25, 0.3) is 0 Å². The van der Waals surface area contributed by atoms with Crippen LogP contribution in [-0.4, -0.2) is 29.0 Å². The summed E-state index contributed by atoms with van der Waals surface area (Å²) in [6.45, 7) is 2.48. The average molecular weight is 264 g/mol. The van der Waals surface area contributed by atoms with Crippen molar-refractivity contribution in [1.29, 1.82) is 5.41 Å². The van der Waals surface area contributed by atoms with E-state index in [1.54, 1.807) is 4.90 Å². The highest BCUT2D eigenvalue weighted by atomic mass is 16.2. The van der Waals surface area contributed by atoms with Gasteiger partial charge in [-0.25, -0.2) is 4.79 Å². The van der Waals surface area contributed by atoms with Crippen molar-refractivity contribution in [2.24, 2.45) is 23.5 Å². The van der Waals surface area contributed by atoms with Crippen LogP contribution in [0, 0.1) is 23.2 Å². The quantitative estimate of drug-likeness (QED) is 0.525. The number of rotatable bonds is 2. The Balaban J connectivity index is 1.89. The summed E-state index contributed by atoms with van der Waals surface area (Å²) in [7, 11) is 0. The maximum Gasteiger partial charge on any atom is 0.324 e. The van der Waals surface area contributed by atoms with Crippen LogP contribution in [0.25, 0.3) is 0 Å². The lowest BCUT2D eigenvalue weighted by atomic mass is 9.52. The number of carbonyl (C=O) groups excluding carboxylic acids is 1. The van der Waals surface area contributed by atoms with Crippen molar-refractivity contribution < 1.29 is 4.79 Å². The molecule has 4 aliphatic carbocycles. The minimum Gasteiger partial charge on any atom is -0.370 e. The second-order valence-electron chi connectivity index (χ2n) is 6.70. The molecular weight excluding hydrogens is 240 g/mol. The summed E-state index contributed by atoms with van der Waals surface area (Å²) in [6.07, 6.45) is 7.07. The fourth-order valence-corrected chi connectivity index (χ4v) is 5.15. The zero-order valence-electron chi connectivity index (χ0n) is 11.6. The molecule has 19 heavy (non-hydrogen) atoms. The van der Waals surface area contributed by atoms with Crippen LogP contribution in [-0.2, 0) is 0 Å². The first-order valence-electron chi connectivity index (χ1n) is 7.46. The van der Waals surface area contributed by atoms with E-state index in [1.165, 1.54) is 19.3 Å². The van der Waals surface area contributed by atoms with Crippen molar-refractivity contribution in [1.82, 2.24) is 10.2 Å². The highest BCUT2D eigenvalue weighted by Gasteiger charge is 2.55. The topological polar surface area (TPSA) is 82.2 Å². The molecule has 0 heterocycles. The number of nitrogens with two attached hydrogens (primary N) is 1. The van der Waals surface area contributed by atoms with Crippen LogP contribution in [0.5, 0.6) is 0 Å². The van der Waals surface area contributed by atoms with E-state index in [4.69, 9.17) is 11.1 Å². The van der Waals surface area contributed by atoms with Gasteiger partial charge in [0.1, 0.15) is 0 Å². The highest BCUT2D eigenvalue weighted by molar-refractivity contribution is 5.95. The molecule has 0 saturated heterocycles. The number of amides is 2. The molecular formula is C14H24N4O. The lowest BCUT2D eigenvalue weighted by molar-refractivity contribution is -0.0491. The van der Waals surface area contributed by atoms with Gasteiger partial charge in [-0.1, -0.05) is 0 Å². The number of hydrogen-bond acceptors (Lipinski definition) is 2. The molecule has 4 rings (SSSR count). The summed E-state index contributed by atoms with van der Waals surface area (Å²) >= 11 is 0. The van der Waals surface area contributed by atoms with E-state index >= 15 is 0 Å². The van der Waals surface area contributed by atoms with Gasteiger partial charge in [0.15, 0.2) is 5.96 Å². The second kappa shape index (κ2) is 4.39. The molecule has 4 N–H and O–H groups in total. The Bertz CT molecular complexity index is 371. The molecule has 4 saturated carbocycles. The Hall–Kier alpha value is -1.26. The summed E-state index contributed by atoms with van der Waals surface area (Å²) in [5.41, 5.74) is 5.57. The third kappa shape index (κ3) is 1.99. The van der Waals surface area contributed by atoms with Crippen LogP contribution >= 0.6 is 0 Å². The van der Waals surface area contributed by atoms with Crippen molar-refractivity contribution in [3.63, 3.8) is 0 Å². The molecule has 0 spiro atoms. The van der Waals surface area contributed by atoms with Gasteiger partial charge >= 0.3 is 6.03 Å². The first-order chi connectivity index (χ1) is 9.04. The Kier molecular flexibility index (Phi) is 2.95. The van der Waals surface area contributed by atoms with Crippen LogP contribution in [0.3, 0.4) is 0 Å². The maximum absolute atomic E-state index is 12.3. The molecule has 5 heteroatoms. The van der Waals surface area contributed by atoms with E-state index in [1.807, 2.05) is 6.92 Å². The van der Waals surface area contributed by atoms with Gasteiger partial charge in [0.2, 0.25) is 0 Å². The van der Waals surface area contributed by atoms with E-state index in [9.17, 15) is 4.79 Å². The Morgan fingerprint density at radius 3 is 2.11 bits per heavy atom. The summed E-state index contributed by atoms with van der Waals surface area (Å²) in [5, 5.41) is 10.7. The Morgan fingerprint density at radius 1 is 1.26 bits per heavy atom. The van der Waals surface area contributed by atoms with E-state index in [2.05, 4.69) is 5.32 Å². The van der Waals surface area contributed by atoms with Crippen molar-refractivity contribution >= 4 is 12.0 Å². The van der Waals surface area contributed by atoms with Gasteiger partial charge in [-0.3, -0.25) is 10.3 Å². The van der Waals surface area contributed by atoms with Gasteiger partial charge < -0.3 is 11.1 Å². The van der Waals surface area contributed by atoms with Gasteiger partial charge in [-0.2, -0.15) is 0 Å². The Labute approximate surface area is 114 Å². The van der Waals surface area contributed by atoms with Gasteiger partial charge in [-0.05, 0) is 63.2 Å². The van der Waals surface area contributed by atoms with Gasteiger partial charge in [-0.15, -0.1) is 0 Å². The van der Waals surface area contributed by atoms with Crippen LogP contribution in [0.1, 0.15) is 45.4 Å². The zero-order chi connectivity index (χ0) is 13.6. The number of guanidine groups is 1. The fraction of sp³-hybridized carbons (Fsp3) is 0.857. The van der Waals surface area contributed by atoms with Crippen LogP contribution in [0.15, 0.2) is 0 Å². The molecule has 4 bridgehead atoms. The summed E-state index contributed by atoms with van der Waals surface area (Å²) in [5.74, 6) is 2.13. The third-order valence-corrected chi connectivity index (χ3v) is 5.25. The third-order valence-electron chi connectivity index (χ3n) is 5.25. The average Bonchev–Trinajstić information content (AvgIpc) is 2.25. The molecule has 2 amide bonds. The summed E-state index contributed by atoms with van der Waals surface area (Å²) in [6, 6.07) is -0.183. The maximum atomic E-state index is 12.3. The summed E-state index contributed by atoms with van der Waals surface area (Å²) in [4.78, 5) is 13.9. The van der Waals surface area contributed by atoms with Crippen molar-refractivity contribution in [3.05, 3.63) is 0 Å². The molecule has 4 fully saturated rings. The minimum absolute atomic E-state index is 0.0899. The summed E-state index contributed by atoms with van der Waals surface area (Å²) < 4.78 is 0. The number of carbonyl (C=O) groups is 1. The number of nitrogens with one attached hydrogen (secondary N) is 2. The molecule has 0 aliphatic heterocycles. The molecule has 0 aromatic rings. The molecule has 0 aromatic heterocycles.